The highest BCUT2D eigenvalue weighted by atomic mass is 32.1. The predicted octanol–water partition coefficient (Wildman–Crippen LogP) is 3.53. The van der Waals surface area contributed by atoms with Crippen molar-refractivity contribution in [2.75, 3.05) is 19.4 Å². The number of anilines is 2. The largest absolute Gasteiger partial charge is 0.339 e. The Morgan fingerprint density at radius 1 is 1.18 bits per heavy atom. The zero-order valence-corrected chi connectivity index (χ0v) is 16.2. The Morgan fingerprint density at radius 3 is 3.00 bits per heavy atom. The maximum absolute atomic E-state index is 4.73. The van der Waals surface area contributed by atoms with Gasteiger partial charge in [-0.05, 0) is 44.4 Å². The molecule has 0 saturated carbocycles. The van der Waals surface area contributed by atoms with Gasteiger partial charge in [-0.15, -0.1) is 16.4 Å². The highest BCUT2D eigenvalue weighted by Gasteiger charge is 2.12. The number of nitrogens with one attached hydrogen (secondary N) is 2. The Labute approximate surface area is 164 Å². The van der Waals surface area contributed by atoms with E-state index in [9.17, 15) is 0 Å². The summed E-state index contributed by atoms with van der Waals surface area (Å²) in [4.78, 5) is 11.3. The van der Waals surface area contributed by atoms with Gasteiger partial charge in [-0.3, -0.25) is 5.10 Å². The van der Waals surface area contributed by atoms with Crippen molar-refractivity contribution in [1.82, 2.24) is 34.7 Å². The van der Waals surface area contributed by atoms with Crippen LogP contribution in [0.5, 0.6) is 0 Å². The molecule has 2 N–H and O–H groups in total. The molecule has 0 aliphatic carbocycles. The molecular weight excluding hydrogens is 372 g/mol. The molecule has 0 unspecified atom stereocenters. The van der Waals surface area contributed by atoms with Crippen LogP contribution in [0, 0.1) is 0 Å². The number of hydrogen-bond donors (Lipinski definition) is 2. The smallest absolute Gasteiger partial charge is 0.154 e. The summed E-state index contributed by atoms with van der Waals surface area (Å²) in [6, 6.07) is 9.89. The van der Waals surface area contributed by atoms with Crippen LogP contribution < -0.4 is 5.32 Å². The van der Waals surface area contributed by atoms with Crippen LogP contribution in [-0.2, 0) is 6.54 Å². The lowest BCUT2D eigenvalue weighted by Gasteiger charge is -2.07. The summed E-state index contributed by atoms with van der Waals surface area (Å²) in [5.41, 5.74) is 4.67. The van der Waals surface area contributed by atoms with E-state index in [1.807, 2.05) is 55.1 Å². The van der Waals surface area contributed by atoms with E-state index in [1.54, 1.807) is 17.5 Å². The first-order valence-corrected chi connectivity index (χ1v) is 9.68. The lowest BCUT2D eigenvalue weighted by molar-refractivity contribution is 0.398. The number of H-pyrrole nitrogens is 1. The topological polar surface area (TPSA) is 87.0 Å². The molecule has 4 aromatic heterocycles. The van der Waals surface area contributed by atoms with Crippen LogP contribution in [-0.4, -0.2) is 48.8 Å². The van der Waals surface area contributed by atoms with Gasteiger partial charge < -0.3 is 10.2 Å². The van der Waals surface area contributed by atoms with E-state index in [0.717, 1.165) is 51.0 Å². The van der Waals surface area contributed by atoms with E-state index in [-0.39, 0.29) is 0 Å². The second-order valence-corrected chi connectivity index (χ2v) is 7.67. The maximum Gasteiger partial charge on any atom is 0.154 e. The first-order chi connectivity index (χ1) is 13.7. The van der Waals surface area contributed by atoms with Crippen LogP contribution in [0.4, 0.5) is 11.5 Å². The van der Waals surface area contributed by atoms with Crippen molar-refractivity contribution in [3.05, 3.63) is 53.8 Å². The first-order valence-electron chi connectivity index (χ1n) is 8.80. The molecule has 5 rings (SSSR count). The van der Waals surface area contributed by atoms with Crippen LogP contribution in [0.3, 0.4) is 0 Å². The third-order valence-corrected chi connectivity index (χ3v) is 5.24. The van der Waals surface area contributed by atoms with Gasteiger partial charge in [0.15, 0.2) is 11.5 Å². The van der Waals surface area contributed by atoms with Crippen molar-refractivity contribution >= 4 is 39.4 Å². The van der Waals surface area contributed by atoms with E-state index < -0.39 is 0 Å². The van der Waals surface area contributed by atoms with Gasteiger partial charge in [-0.1, -0.05) is 0 Å². The molecule has 1 aromatic carbocycles. The number of imidazole rings is 1. The lowest BCUT2D eigenvalue weighted by Crippen LogP contribution is -2.10. The quantitative estimate of drug-likeness (QED) is 0.477. The fourth-order valence-electron chi connectivity index (χ4n) is 3.08. The van der Waals surface area contributed by atoms with Crippen LogP contribution in [0.25, 0.3) is 27.3 Å². The number of thiazole rings is 1. The molecule has 9 heteroatoms. The third-order valence-electron chi connectivity index (χ3n) is 4.32. The maximum atomic E-state index is 4.73. The normalized spacial score (nSPS) is 11.7. The van der Waals surface area contributed by atoms with Gasteiger partial charge in [0.25, 0.3) is 0 Å². The molecule has 8 nitrogen and oxygen atoms in total. The Balaban J connectivity index is 1.48. The molecule has 140 valence electrons. The average Bonchev–Trinajstić information content (AvgIpc) is 3.39. The highest BCUT2D eigenvalue weighted by molar-refractivity contribution is 7.13. The standard InChI is InChI=1S/C19H18N8S/c1-26(2)10-14-11-28-19(23-14)16-9-20-18-6-5-17(25-27(16)18)22-13-3-4-15-12(7-13)8-21-24-15/h3-9,11H,10H2,1-2H3,(H,21,24)(H,22,25). The molecule has 0 aliphatic rings. The summed E-state index contributed by atoms with van der Waals surface area (Å²) in [5.74, 6) is 0.736. The predicted molar refractivity (Wildman–Crippen MR) is 111 cm³/mol. The second kappa shape index (κ2) is 6.70. The summed E-state index contributed by atoms with van der Waals surface area (Å²) in [6.07, 6.45) is 3.63. The zero-order valence-electron chi connectivity index (χ0n) is 15.4. The summed E-state index contributed by atoms with van der Waals surface area (Å²) in [6.45, 7) is 0.809. The highest BCUT2D eigenvalue weighted by Crippen LogP contribution is 2.26. The SMILES string of the molecule is CN(C)Cc1csc(-c2cnc3ccc(Nc4ccc5[nH]ncc5c4)nn23)n1. The number of fused-ring (bicyclic) bond motifs is 2. The number of hydrogen-bond acceptors (Lipinski definition) is 7. The summed E-state index contributed by atoms with van der Waals surface area (Å²) >= 11 is 1.61. The van der Waals surface area contributed by atoms with E-state index in [0.29, 0.717) is 0 Å². The minimum atomic E-state index is 0.736. The molecule has 0 radical (unpaired) electrons. The van der Waals surface area contributed by atoms with E-state index in [2.05, 4.69) is 30.8 Å². The van der Waals surface area contributed by atoms with Crippen molar-refractivity contribution in [2.45, 2.75) is 6.54 Å². The zero-order chi connectivity index (χ0) is 19.1. The van der Waals surface area contributed by atoms with E-state index in [1.165, 1.54) is 0 Å². The lowest BCUT2D eigenvalue weighted by atomic mass is 10.2. The van der Waals surface area contributed by atoms with Crippen LogP contribution in [0.15, 0.2) is 48.1 Å². The molecule has 4 heterocycles. The van der Waals surface area contributed by atoms with Crippen molar-refractivity contribution in [3.8, 4) is 10.7 Å². The van der Waals surface area contributed by atoms with E-state index in [4.69, 9.17) is 10.1 Å². The summed E-state index contributed by atoms with van der Waals surface area (Å²) < 4.78 is 1.83. The fraction of sp³-hybridized carbons (Fsp3) is 0.158. The van der Waals surface area contributed by atoms with Crippen LogP contribution >= 0.6 is 11.3 Å². The number of nitrogens with zero attached hydrogens (tertiary/aromatic N) is 6. The van der Waals surface area contributed by atoms with E-state index >= 15 is 0 Å². The van der Waals surface area contributed by atoms with Gasteiger partial charge in [-0.25, -0.2) is 14.5 Å². The first kappa shape index (κ1) is 16.8. The number of benzene rings is 1. The fourth-order valence-corrected chi connectivity index (χ4v) is 3.88. The van der Waals surface area contributed by atoms with Crippen molar-refractivity contribution in [3.63, 3.8) is 0 Å². The summed E-state index contributed by atoms with van der Waals surface area (Å²) in [5, 5.41) is 19.1. The van der Waals surface area contributed by atoms with Crippen molar-refractivity contribution in [1.29, 1.82) is 0 Å². The number of aromatic nitrogens is 6. The average molecular weight is 390 g/mol. The van der Waals surface area contributed by atoms with Gasteiger partial charge in [0.1, 0.15) is 10.7 Å². The molecule has 0 fully saturated rings. The number of rotatable bonds is 5. The molecule has 5 aromatic rings. The molecule has 0 bridgehead atoms. The molecule has 0 saturated heterocycles. The van der Waals surface area contributed by atoms with Gasteiger partial charge >= 0.3 is 0 Å². The van der Waals surface area contributed by atoms with Crippen LogP contribution in [0.1, 0.15) is 5.69 Å². The number of aromatic amines is 1. The Bertz CT molecular complexity index is 1270. The molecule has 0 amide bonds. The van der Waals surface area contributed by atoms with Gasteiger partial charge in [-0.2, -0.15) is 5.10 Å². The Morgan fingerprint density at radius 2 is 2.11 bits per heavy atom. The molecule has 0 spiro atoms. The molecule has 28 heavy (non-hydrogen) atoms. The molecule has 0 atom stereocenters. The van der Waals surface area contributed by atoms with Crippen molar-refractivity contribution < 1.29 is 0 Å². The Hall–Kier alpha value is -3.30. The minimum Gasteiger partial charge on any atom is -0.339 e. The van der Waals surface area contributed by atoms with Crippen LogP contribution in [0.2, 0.25) is 0 Å². The Kier molecular flexibility index (Phi) is 4.03. The molecular formula is C19H18N8S. The third kappa shape index (κ3) is 3.10. The van der Waals surface area contributed by atoms with Crippen molar-refractivity contribution in [2.24, 2.45) is 0 Å². The molecule has 0 aliphatic heterocycles. The summed E-state index contributed by atoms with van der Waals surface area (Å²) in [7, 11) is 4.07. The van der Waals surface area contributed by atoms with Gasteiger partial charge in [0, 0.05) is 23.0 Å². The van der Waals surface area contributed by atoms with Gasteiger partial charge in [0.2, 0.25) is 0 Å². The van der Waals surface area contributed by atoms with Gasteiger partial charge in [0.05, 0.1) is 23.6 Å². The monoisotopic (exact) mass is 390 g/mol. The minimum absolute atomic E-state index is 0.736. The second-order valence-electron chi connectivity index (χ2n) is 6.81.